The van der Waals surface area contributed by atoms with E-state index in [1.54, 1.807) is 28.9 Å². The molecule has 2 atom stereocenters. The van der Waals surface area contributed by atoms with Gasteiger partial charge in [-0.05, 0) is 63.6 Å². The number of esters is 1. The minimum atomic E-state index is -0.543. The second-order valence-electron chi connectivity index (χ2n) is 9.53. The number of allylic oxidation sites excluding steroid dienone is 1. The molecule has 1 aromatic carbocycles. The highest BCUT2D eigenvalue weighted by Crippen LogP contribution is 2.45. The zero-order chi connectivity index (χ0) is 27.4. The fraction of sp³-hybridized carbons (Fsp3) is 0.500. The highest BCUT2D eigenvalue weighted by molar-refractivity contribution is 8.16. The predicted octanol–water partition coefficient (Wildman–Crippen LogP) is 4.46. The number of thioether (sulfide) groups is 1. The molecule has 1 aromatic rings. The van der Waals surface area contributed by atoms with Crippen molar-refractivity contribution >= 4 is 34.7 Å². The summed E-state index contributed by atoms with van der Waals surface area (Å²) in [6, 6.07) is 5.59. The molecular weight excluding hydrogens is 507 g/mol. The number of rotatable bonds is 8. The summed E-state index contributed by atoms with van der Waals surface area (Å²) in [7, 11) is 0. The van der Waals surface area contributed by atoms with Crippen LogP contribution in [0.4, 0.5) is 4.39 Å². The van der Waals surface area contributed by atoms with Crippen molar-refractivity contribution in [3.63, 3.8) is 0 Å². The van der Waals surface area contributed by atoms with Gasteiger partial charge >= 0.3 is 5.97 Å². The molecule has 0 saturated carbocycles. The lowest BCUT2D eigenvalue weighted by atomic mass is 9.92. The van der Waals surface area contributed by atoms with Crippen LogP contribution in [-0.2, 0) is 19.1 Å². The number of aliphatic imine (C=N–C) groups is 1. The lowest BCUT2D eigenvalue weighted by Gasteiger charge is -2.38. The minimum Gasteiger partial charge on any atom is -0.466 e. The van der Waals surface area contributed by atoms with Crippen molar-refractivity contribution in [3.05, 3.63) is 58.0 Å². The maximum absolute atomic E-state index is 13.9. The van der Waals surface area contributed by atoms with Gasteiger partial charge in [0.2, 0.25) is 5.91 Å². The number of carbonyl (C=O) groups is 3. The Morgan fingerprint density at radius 1 is 1.16 bits per heavy atom. The maximum atomic E-state index is 13.9. The van der Waals surface area contributed by atoms with E-state index >= 15 is 0 Å². The normalized spacial score (nSPS) is 21.1. The summed E-state index contributed by atoms with van der Waals surface area (Å²) in [6.45, 7) is 9.79. The first-order valence-electron chi connectivity index (χ1n) is 13.2. The van der Waals surface area contributed by atoms with Gasteiger partial charge in [0, 0.05) is 31.9 Å². The second-order valence-corrected chi connectivity index (χ2v) is 10.4. The van der Waals surface area contributed by atoms with E-state index < -0.39 is 6.04 Å². The number of nitrogens with zero attached hydrogens (tertiary/aromatic N) is 4. The van der Waals surface area contributed by atoms with Crippen molar-refractivity contribution in [3.8, 4) is 0 Å². The molecule has 4 rings (SSSR count). The van der Waals surface area contributed by atoms with Crippen LogP contribution in [0.2, 0.25) is 0 Å². The standard InChI is InChI=1S/C28H35FN4O4S/c1-5-31(6-2)26(35)24-18(4)30-28-33(25(24)19-10-12-21(29)13-11-19)22(17-38-28)15-23(34)32-14-8-9-20(16-32)27(36)37-7-3/h10-13,17,20,25H,5-9,14-16H2,1-4H3. The Kier molecular flexibility index (Phi) is 8.91. The summed E-state index contributed by atoms with van der Waals surface area (Å²) in [5.74, 6) is -1.16. The van der Waals surface area contributed by atoms with E-state index in [1.807, 2.05) is 31.1 Å². The number of fused-ring (bicyclic) bond motifs is 1. The lowest BCUT2D eigenvalue weighted by Crippen LogP contribution is -2.44. The van der Waals surface area contributed by atoms with Crippen LogP contribution >= 0.6 is 11.8 Å². The van der Waals surface area contributed by atoms with Crippen LogP contribution in [0.1, 0.15) is 58.6 Å². The zero-order valence-corrected chi connectivity index (χ0v) is 23.2. The van der Waals surface area contributed by atoms with Crippen molar-refractivity contribution in [1.29, 1.82) is 0 Å². The number of amides is 2. The molecule has 3 aliphatic rings. The molecule has 0 spiro atoms. The third-order valence-electron chi connectivity index (χ3n) is 7.19. The Morgan fingerprint density at radius 3 is 2.53 bits per heavy atom. The number of ether oxygens (including phenoxy) is 1. The number of piperidine rings is 1. The molecule has 0 bridgehead atoms. The number of carbonyl (C=O) groups excluding carboxylic acids is 3. The molecular formula is C28H35FN4O4S. The van der Waals surface area contributed by atoms with Gasteiger partial charge in [-0.15, -0.1) is 0 Å². The smallest absolute Gasteiger partial charge is 0.310 e. The quantitative estimate of drug-likeness (QED) is 0.451. The number of hydrogen-bond acceptors (Lipinski definition) is 7. The molecule has 0 aromatic heterocycles. The largest absolute Gasteiger partial charge is 0.466 e. The van der Waals surface area contributed by atoms with E-state index in [4.69, 9.17) is 9.73 Å². The van der Waals surface area contributed by atoms with E-state index in [0.29, 0.717) is 55.6 Å². The van der Waals surface area contributed by atoms with Crippen molar-refractivity contribution in [2.45, 2.75) is 53.0 Å². The van der Waals surface area contributed by atoms with Crippen LogP contribution in [0.25, 0.3) is 0 Å². The Morgan fingerprint density at radius 2 is 1.87 bits per heavy atom. The molecule has 0 radical (unpaired) electrons. The molecule has 1 fully saturated rings. The molecule has 3 heterocycles. The Hall–Kier alpha value is -3.14. The van der Waals surface area contributed by atoms with Crippen LogP contribution < -0.4 is 0 Å². The molecule has 204 valence electrons. The van der Waals surface area contributed by atoms with Crippen LogP contribution in [-0.4, -0.2) is 70.4 Å². The van der Waals surface area contributed by atoms with Crippen LogP contribution in [0, 0.1) is 11.7 Å². The van der Waals surface area contributed by atoms with Gasteiger partial charge in [0.15, 0.2) is 5.17 Å². The summed E-state index contributed by atoms with van der Waals surface area (Å²) >= 11 is 1.41. The number of likely N-dealkylation sites (N-methyl/N-ethyl adjacent to an activating group) is 1. The van der Waals surface area contributed by atoms with Gasteiger partial charge < -0.3 is 19.4 Å². The summed E-state index contributed by atoms with van der Waals surface area (Å²) in [4.78, 5) is 49.6. The summed E-state index contributed by atoms with van der Waals surface area (Å²) in [6.07, 6.45) is 1.55. The van der Waals surface area contributed by atoms with Gasteiger partial charge in [-0.25, -0.2) is 9.38 Å². The van der Waals surface area contributed by atoms with E-state index in [2.05, 4.69) is 0 Å². The molecule has 3 aliphatic heterocycles. The molecule has 0 N–H and O–H groups in total. The third-order valence-corrected chi connectivity index (χ3v) is 8.08. The first kappa shape index (κ1) is 27.9. The molecule has 38 heavy (non-hydrogen) atoms. The Bertz CT molecular complexity index is 1180. The average molecular weight is 543 g/mol. The maximum Gasteiger partial charge on any atom is 0.310 e. The molecule has 2 amide bonds. The molecule has 1 saturated heterocycles. The fourth-order valence-electron chi connectivity index (χ4n) is 5.21. The monoisotopic (exact) mass is 542 g/mol. The van der Waals surface area contributed by atoms with E-state index in [9.17, 15) is 18.8 Å². The molecule has 0 aliphatic carbocycles. The number of amidine groups is 1. The summed E-state index contributed by atoms with van der Waals surface area (Å²) < 4.78 is 19.0. The summed E-state index contributed by atoms with van der Waals surface area (Å²) in [5, 5.41) is 2.58. The zero-order valence-electron chi connectivity index (χ0n) is 22.4. The van der Waals surface area contributed by atoms with E-state index in [1.165, 1.54) is 23.9 Å². The molecule has 2 unspecified atom stereocenters. The third kappa shape index (κ3) is 5.65. The number of hydrogen-bond donors (Lipinski definition) is 0. The van der Waals surface area contributed by atoms with E-state index in [0.717, 1.165) is 17.7 Å². The van der Waals surface area contributed by atoms with Crippen molar-refractivity contribution < 1.29 is 23.5 Å². The van der Waals surface area contributed by atoms with Gasteiger partial charge in [0.25, 0.3) is 5.91 Å². The SMILES string of the molecule is CCOC(=O)C1CCCN(C(=O)CC2=CSC3=NC(C)=C(C(=O)N(CC)CC)C(c4ccc(F)cc4)N23)C1. The van der Waals surface area contributed by atoms with Gasteiger partial charge in [-0.2, -0.15) is 0 Å². The van der Waals surface area contributed by atoms with Crippen LogP contribution in [0.15, 0.2) is 51.6 Å². The Labute approximate surface area is 227 Å². The highest BCUT2D eigenvalue weighted by Gasteiger charge is 2.42. The Balaban J connectivity index is 1.63. The molecule has 10 heteroatoms. The van der Waals surface area contributed by atoms with Crippen LogP contribution in [0.3, 0.4) is 0 Å². The van der Waals surface area contributed by atoms with E-state index in [-0.39, 0.29) is 35.9 Å². The number of likely N-dealkylation sites (tertiary alicyclic amines) is 1. The second kappa shape index (κ2) is 12.1. The van der Waals surface area contributed by atoms with Gasteiger partial charge in [0.1, 0.15) is 5.82 Å². The van der Waals surface area contributed by atoms with Gasteiger partial charge in [0.05, 0.1) is 36.3 Å². The lowest BCUT2D eigenvalue weighted by molar-refractivity contribution is -0.151. The minimum absolute atomic E-state index is 0.0900. The fourth-order valence-corrected chi connectivity index (χ4v) is 6.17. The molecule has 8 nitrogen and oxygen atoms in total. The van der Waals surface area contributed by atoms with Crippen molar-refractivity contribution in [2.24, 2.45) is 10.9 Å². The topological polar surface area (TPSA) is 82.5 Å². The van der Waals surface area contributed by atoms with Crippen LogP contribution in [0.5, 0.6) is 0 Å². The number of halogens is 1. The highest BCUT2D eigenvalue weighted by atomic mass is 32.2. The first-order valence-corrected chi connectivity index (χ1v) is 14.1. The van der Waals surface area contributed by atoms with Crippen molar-refractivity contribution in [2.75, 3.05) is 32.8 Å². The van der Waals surface area contributed by atoms with Gasteiger partial charge in [-0.1, -0.05) is 23.9 Å². The van der Waals surface area contributed by atoms with Gasteiger partial charge in [-0.3, -0.25) is 14.4 Å². The first-order chi connectivity index (χ1) is 18.3. The van der Waals surface area contributed by atoms with Crippen molar-refractivity contribution in [1.82, 2.24) is 14.7 Å². The predicted molar refractivity (Wildman–Crippen MR) is 145 cm³/mol. The summed E-state index contributed by atoms with van der Waals surface area (Å²) in [5.41, 5.74) is 2.60. The number of benzene rings is 1. The average Bonchev–Trinajstić information content (AvgIpc) is 3.30.